The Morgan fingerprint density at radius 2 is 2.06 bits per heavy atom. The molecule has 0 saturated heterocycles. The van der Waals surface area contributed by atoms with E-state index in [9.17, 15) is 18.0 Å². The molecule has 0 aliphatic carbocycles. The Morgan fingerprint density at radius 3 is 2.53 bits per heavy atom. The van der Waals surface area contributed by atoms with Crippen LogP contribution in [-0.2, 0) is 6.18 Å². The SMILES string of the molecule is CC(C#N)C(=O)c1ccc(Br)cc1C(F)(F)F. The zero-order valence-electron chi connectivity index (χ0n) is 8.68. The van der Waals surface area contributed by atoms with Gasteiger partial charge in [-0.3, -0.25) is 4.79 Å². The molecular formula is C11H7BrF3NO. The van der Waals surface area contributed by atoms with Gasteiger partial charge in [-0.05, 0) is 25.1 Å². The molecule has 90 valence electrons. The van der Waals surface area contributed by atoms with E-state index >= 15 is 0 Å². The maximum absolute atomic E-state index is 12.7. The van der Waals surface area contributed by atoms with Gasteiger partial charge in [0.2, 0.25) is 0 Å². The number of Topliss-reactive ketones (excluding diaryl/α,β-unsaturated/α-hetero) is 1. The predicted octanol–water partition coefficient (Wildman–Crippen LogP) is 3.81. The van der Waals surface area contributed by atoms with Crippen molar-refractivity contribution in [2.75, 3.05) is 0 Å². The maximum atomic E-state index is 12.7. The molecule has 6 heteroatoms. The summed E-state index contributed by atoms with van der Waals surface area (Å²) in [6.45, 7) is 1.27. The second kappa shape index (κ2) is 4.88. The monoisotopic (exact) mass is 305 g/mol. The molecule has 0 heterocycles. The highest BCUT2D eigenvalue weighted by molar-refractivity contribution is 9.10. The Hall–Kier alpha value is -1.35. The molecule has 0 aliphatic rings. The van der Waals surface area contributed by atoms with E-state index in [0.717, 1.165) is 12.1 Å². The standard InChI is InChI=1S/C11H7BrF3NO/c1-6(5-16)10(17)8-3-2-7(12)4-9(8)11(13,14)15/h2-4,6H,1H3. The van der Waals surface area contributed by atoms with Crippen molar-refractivity contribution < 1.29 is 18.0 Å². The Morgan fingerprint density at radius 1 is 1.47 bits per heavy atom. The van der Waals surface area contributed by atoms with Crippen LogP contribution in [0.15, 0.2) is 22.7 Å². The number of carbonyl (C=O) groups is 1. The largest absolute Gasteiger partial charge is 0.417 e. The summed E-state index contributed by atoms with van der Waals surface area (Å²) in [6, 6.07) is 4.87. The minimum atomic E-state index is -4.62. The van der Waals surface area contributed by atoms with Crippen molar-refractivity contribution in [2.45, 2.75) is 13.1 Å². The Kier molecular flexibility index (Phi) is 3.94. The number of alkyl halides is 3. The lowest BCUT2D eigenvalue weighted by atomic mass is 9.96. The van der Waals surface area contributed by atoms with Gasteiger partial charge < -0.3 is 0 Å². The van der Waals surface area contributed by atoms with Crippen molar-refractivity contribution in [3.05, 3.63) is 33.8 Å². The summed E-state index contributed by atoms with van der Waals surface area (Å²) < 4.78 is 38.3. The van der Waals surface area contributed by atoms with Gasteiger partial charge in [0.1, 0.15) is 5.92 Å². The molecule has 1 unspecified atom stereocenters. The fourth-order valence-corrected chi connectivity index (χ4v) is 1.62. The minimum Gasteiger partial charge on any atom is -0.293 e. The van der Waals surface area contributed by atoms with Gasteiger partial charge in [0.05, 0.1) is 11.6 Å². The highest BCUT2D eigenvalue weighted by atomic mass is 79.9. The van der Waals surface area contributed by atoms with Gasteiger partial charge in [0.25, 0.3) is 0 Å². The molecule has 1 aromatic carbocycles. The molecule has 0 fully saturated rings. The number of hydrogen-bond donors (Lipinski definition) is 0. The smallest absolute Gasteiger partial charge is 0.293 e. The zero-order chi connectivity index (χ0) is 13.2. The van der Waals surface area contributed by atoms with Gasteiger partial charge in [0, 0.05) is 10.0 Å². The van der Waals surface area contributed by atoms with Crippen molar-refractivity contribution in [3.8, 4) is 6.07 Å². The lowest BCUT2D eigenvalue weighted by Crippen LogP contribution is -2.17. The van der Waals surface area contributed by atoms with Gasteiger partial charge >= 0.3 is 6.18 Å². The van der Waals surface area contributed by atoms with Crippen LogP contribution in [0.5, 0.6) is 0 Å². The summed E-state index contributed by atoms with van der Waals surface area (Å²) in [7, 11) is 0. The molecule has 0 spiro atoms. The maximum Gasteiger partial charge on any atom is 0.417 e. The quantitative estimate of drug-likeness (QED) is 0.780. The van der Waals surface area contributed by atoms with Gasteiger partial charge in [0.15, 0.2) is 5.78 Å². The van der Waals surface area contributed by atoms with Crippen molar-refractivity contribution in [3.63, 3.8) is 0 Å². The third-order valence-electron chi connectivity index (χ3n) is 2.14. The first-order valence-corrected chi connectivity index (χ1v) is 5.37. The molecule has 1 rings (SSSR count). The van der Waals surface area contributed by atoms with E-state index in [4.69, 9.17) is 5.26 Å². The lowest BCUT2D eigenvalue weighted by molar-refractivity contribution is -0.138. The van der Waals surface area contributed by atoms with E-state index in [2.05, 4.69) is 15.9 Å². The van der Waals surface area contributed by atoms with E-state index in [-0.39, 0.29) is 4.47 Å². The van der Waals surface area contributed by atoms with Crippen LogP contribution in [0.2, 0.25) is 0 Å². The first-order valence-electron chi connectivity index (χ1n) is 4.58. The van der Waals surface area contributed by atoms with Crippen LogP contribution in [0.1, 0.15) is 22.8 Å². The molecule has 0 radical (unpaired) electrons. The molecule has 2 nitrogen and oxygen atoms in total. The summed E-state index contributed by atoms with van der Waals surface area (Å²) in [5.41, 5.74) is -1.51. The zero-order valence-corrected chi connectivity index (χ0v) is 10.3. The van der Waals surface area contributed by atoms with Crippen molar-refractivity contribution in [1.29, 1.82) is 5.26 Å². The van der Waals surface area contributed by atoms with E-state index in [1.807, 2.05) is 0 Å². The Labute approximate surface area is 104 Å². The van der Waals surface area contributed by atoms with E-state index in [0.29, 0.717) is 0 Å². The molecule has 0 bridgehead atoms. The number of nitriles is 1. The summed E-state index contributed by atoms with van der Waals surface area (Å²) in [6.07, 6.45) is -4.62. The summed E-state index contributed by atoms with van der Waals surface area (Å²) in [4.78, 5) is 11.6. The second-order valence-electron chi connectivity index (χ2n) is 3.40. The third-order valence-corrected chi connectivity index (χ3v) is 2.63. The van der Waals surface area contributed by atoms with Crippen LogP contribution in [0.3, 0.4) is 0 Å². The van der Waals surface area contributed by atoms with E-state index in [1.165, 1.54) is 13.0 Å². The third kappa shape index (κ3) is 3.07. The molecule has 1 aromatic rings. The number of nitrogens with zero attached hydrogens (tertiary/aromatic N) is 1. The molecule has 0 N–H and O–H groups in total. The van der Waals surface area contributed by atoms with Crippen LogP contribution in [0, 0.1) is 17.2 Å². The van der Waals surface area contributed by atoms with Crippen molar-refractivity contribution in [1.82, 2.24) is 0 Å². The fourth-order valence-electron chi connectivity index (χ4n) is 1.26. The highest BCUT2D eigenvalue weighted by Crippen LogP contribution is 2.34. The summed E-state index contributed by atoms with van der Waals surface area (Å²) in [5, 5.41) is 8.55. The van der Waals surface area contributed by atoms with E-state index < -0.39 is 29.0 Å². The minimum absolute atomic E-state index is 0.228. The van der Waals surface area contributed by atoms with E-state index in [1.54, 1.807) is 6.07 Å². The first-order chi connectivity index (χ1) is 7.77. The molecule has 0 amide bonds. The second-order valence-corrected chi connectivity index (χ2v) is 4.32. The Balaban J connectivity index is 3.35. The lowest BCUT2D eigenvalue weighted by Gasteiger charge is -2.13. The van der Waals surface area contributed by atoms with Crippen molar-refractivity contribution >= 4 is 21.7 Å². The van der Waals surface area contributed by atoms with Crippen LogP contribution in [-0.4, -0.2) is 5.78 Å². The number of benzene rings is 1. The average molecular weight is 306 g/mol. The molecule has 0 aromatic heterocycles. The van der Waals surface area contributed by atoms with Gasteiger partial charge in [-0.1, -0.05) is 15.9 Å². The average Bonchev–Trinajstić information content (AvgIpc) is 2.25. The first kappa shape index (κ1) is 13.7. The predicted molar refractivity (Wildman–Crippen MR) is 58.3 cm³/mol. The van der Waals surface area contributed by atoms with Crippen LogP contribution < -0.4 is 0 Å². The van der Waals surface area contributed by atoms with Crippen LogP contribution in [0.4, 0.5) is 13.2 Å². The molecule has 17 heavy (non-hydrogen) atoms. The summed E-state index contributed by atoms with van der Waals surface area (Å²) >= 11 is 2.92. The number of hydrogen-bond acceptors (Lipinski definition) is 2. The molecule has 0 saturated carbocycles. The summed E-state index contributed by atoms with van der Waals surface area (Å²) in [5.74, 6) is -1.93. The molecular weight excluding hydrogens is 299 g/mol. The Bertz CT molecular complexity index is 490. The fraction of sp³-hybridized carbons (Fsp3) is 0.273. The van der Waals surface area contributed by atoms with Gasteiger partial charge in [-0.2, -0.15) is 18.4 Å². The van der Waals surface area contributed by atoms with Crippen LogP contribution in [0.25, 0.3) is 0 Å². The van der Waals surface area contributed by atoms with Crippen LogP contribution >= 0.6 is 15.9 Å². The number of rotatable bonds is 2. The number of halogens is 4. The number of carbonyl (C=O) groups excluding carboxylic acids is 1. The normalized spacial score (nSPS) is 12.9. The van der Waals surface area contributed by atoms with Crippen molar-refractivity contribution in [2.24, 2.45) is 5.92 Å². The van der Waals surface area contributed by atoms with Gasteiger partial charge in [-0.15, -0.1) is 0 Å². The topological polar surface area (TPSA) is 40.9 Å². The highest BCUT2D eigenvalue weighted by Gasteiger charge is 2.36. The number of ketones is 1. The molecule has 1 atom stereocenters. The van der Waals surface area contributed by atoms with Gasteiger partial charge in [-0.25, -0.2) is 0 Å². The molecule has 0 aliphatic heterocycles.